The molecule has 1 rings (SSSR count). The van der Waals surface area contributed by atoms with Crippen LogP contribution in [-0.4, -0.2) is 5.92 Å². The molecule has 0 saturated carbocycles. The van der Waals surface area contributed by atoms with Crippen LogP contribution in [0.3, 0.4) is 0 Å². The average molecular weight is 330 g/mol. The van der Waals surface area contributed by atoms with Crippen LogP contribution in [0, 0.1) is 5.92 Å². The predicted molar refractivity (Wildman–Crippen MR) is 101 cm³/mol. The number of allylic oxidation sites excluding steroid dienone is 11. The van der Waals surface area contributed by atoms with Crippen LogP contribution in [0.1, 0.15) is 40.0 Å². The third-order valence-electron chi connectivity index (χ3n) is 3.93. The van der Waals surface area contributed by atoms with E-state index in [0.717, 1.165) is 12.0 Å². The topological polar surface area (TPSA) is 0 Å². The highest BCUT2D eigenvalue weighted by molar-refractivity contribution is 5.70. The molecule has 0 saturated heterocycles. The minimum atomic E-state index is -3.02. The second-order valence-electron chi connectivity index (χ2n) is 6.32. The van der Waals surface area contributed by atoms with E-state index in [9.17, 15) is 0 Å². The van der Waals surface area contributed by atoms with Crippen molar-refractivity contribution in [2.24, 2.45) is 5.92 Å². The maximum atomic E-state index is 15.1. The van der Waals surface area contributed by atoms with Gasteiger partial charge >= 0.3 is 0 Å². The Hall–Kier alpha value is -1.96. The monoisotopic (exact) mass is 330 g/mol. The van der Waals surface area contributed by atoms with Gasteiger partial charge in [-0.2, -0.15) is 8.78 Å². The summed E-state index contributed by atoms with van der Waals surface area (Å²) in [6.45, 7) is 17.2. The zero-order valence-electron chi connectivity index (χ0n) is 15.0. The summed E-state index contributed by atoms with van der Waals surface area (Å²) in [5.74, 6) is -2.64. The van der Waals surface area contributed by atoms with Gasteiger partial charge in [0.2, 0.25) is 0 Å². The van der Waals surface area contributed by atoms with Gasteiger partial charge in [0.15, 0.2) is 0 Å². The molecule has 0 aliphatic heterocycles. The van der Waals surface area contributed by atoms with Crippen LogP contribution in [0.15, 0.2) is 84.1 Å². The Morgan fingerprint density at radius 1 is 1.17 bits per heavy atom. The molecule has 0 nitrogen and oxygen atoms in total. The van der Waals surface area contributed by atoms with Crippen molar-refractivity contribution in [1.82, 2.24) is 0 Å². The van der Waals surface area contributed by atoms with E-state index in [2.05, 4.69) is 33.6 Å². The lowest BCUT2D eigenvalue weighted by molar-refractivity contribution is 0.0944. The molecule has 0 heterocycles. The summed E-state index contributed by atoms with van der Waals surface area (Å²) >= 11 is 0. The molecule has 0 fully saturated rings. The normalized spacial score (nSPS) is 21.0. The van der Waals surface area contributed by atoms with Crippen LogP contribution in [0.4, 0.5) is 8.78 Å². The number of halogens is 2. The van der Waals surface area contributed by atoms with E-state index in [1.54, 1.807) is 37.3 Å². The lowest BCUT2D eigenvalue weighted by atomic mass is 9.89. The molecule has 0 radical (unpaired) electrons. The molecule has 0 atom stereocenters. The summed E-state index contributed by atoms with van der Waals surface area (Å²) in [6, 6.07) is 0. The molecular formula is C22H28F2. The Balaban J connectivity index is 3.78. The van der Waals surface area contributed by atoms with Crippen LogP contribution in [-0.2, 0) is 0 Å². The van der Waals surface area contributed by atoms with Crippen molar-refractivity contribution in [3.8, 4) is 0 Å². The van der Waals surface area contributed by atoms with Crippen molar-refractivity contribution in [2.45, 2.75) is 46.0 Å². The smallest absolute Gasteiger partial charge is 0.196 e. The van der Waals surface area contributed by atoms with E-state index in [1.807, 2.05) is 0 Å². The van der Waals surface area contributed by atoms with E-state index in [4.69, 9.17) is 0 Å². The first-order chi connectivity index (χ1) is 11.3. The molecular weight excluding hydrogens is 302 g/mol. The second-order valence-corrected chi connectivity index (χ2v) is 6.32. The zero-order valence-corrected chi connectivity index (χ0v) is 15.0. The standard InChI is InChI=1S/C22H28F2/c1-7-11-14-20-21(17(12-8-2)15-16(5)6)18(10-4)19(13-9-3)22(20,23)24/h7-10,13-14,16H,1-2,4,11-12,15H2,3,5-6H3/b13-9-,20-14?,21-17+. The second kappa shape index (κ2) is 8.77. The molecule has 1 aliphatic rings. The van der Waals surface area contributed by atoms with Gasteiger partial charge in [-0.05, 0) is 43.3 Å². The van der Waals surface area contributed by atoms with Crippen LogP contribution in [0.5, 0.6) is 0 Å². The number of rotatable bonds is 8. The molecule has 0 bridgehead atoms. The van der Waals surface area contributed by atoms with Gasteiger partial charge in [-0.3, -0.25) is 0 Å². The number of hydrogen-bond donors (Lipinski definition) is 0. The van der Waals surface area contributed by atoms with Crippen molar-refractivity contribution in [2.75, 3.05) is 0 Å². The average Bonchev–Trinajstić information content (AvgIpc) is 2.72. The molecule has 0 aromatic carbocycles. The molecule has 0 N–H and O–H groups in total. The molecule has 2 heteroatoms. The van der Waals surface area contributed by atoms with E-state index in [1.165, 1.54) is 6.08 Å². The van der Waals surface area contributed by atoms with Crippen LogP contribution < -0.4 is 0 Å². The molecule has 1 aliphatic carbocycles. The van der Waals surface area contributed by atoms with Gasteiger partial charge in [-0.25, -0.2) is 0 Å². The van der Waals surface area contributed by atoms with Gasteiger partial charge in [0.25, 0.3) is 5.92 Å². The third kappa shape index (κ3) is 4.11. The summed E-state index contributed by atoms with van der Waals surface area (Å²) < 4.78 is 30.2. The Labute approximate surface area is 145 Å². The third-order valence-corrected chi connectivity index (χ3v) is 3.93. The lowest BCUT2D eigenvalue weighted by Gasteiger charge is -2.18. The largest absolute Gasteiger partial charge is 0.299 e. The van der Waals surface area contributed by atoms with Crippen molar-refractivity contribution in [1.29, 1.82) is 0 Å². The molecule has 0 unspecified atom stereocenters. The van der Waals surface area contributed by atoms with Crippen LogP contribution in [0.25, 0.3) is 0 Å². The van der Waals surface area contributed by atoms with Gasteiger partial charge < -0.3 is 0 Å². The Kier molecular flexibility index (Phi) is 7.34. The Morgan fingerprint density at radius 2 is 1.83 bits per heavy atom. The quantitative estimate of drug-likeness (QED) is 0.416. The maximum absolute atomic E-state index is 15.1. The van der Waals surface area contributed by atoms with Crippen molar-refractivity contribution < 1.29 is 8.78 Å². The first-order valence-corrected chi connectivity index (χ1v) is 8.37. The van der Waals surface area contributed by atoms with Gasteiger partial charge in [0.05, 0.1) is 0 Å². The van der Waals surface area contributed by atoms with Crippen molar-refractivity contribution >= 4 is 0 Å². The van der Waals surface area contributed by atoms with Crippen LogP contribution in [0.2, 0.25) is 0 Å². The Morgan fingerprint density at radius 3 is 2.29 bits per heavy atom. The van der Waals surface area contributed by atoms with Crippen molar-refractivity contribution in [3.05, 3.63) is 84.1 Å². The number of hydrogen-bond acceptors (Lipinski definition) is 0. The fourth-order valence-electron chi connectivity index (χ4n) is 3.09. The lowest BCUT2D eigenvalue weighted by Crippen LogP contribution is -2.17. The summed E-state index contributed by atoms with van der Waals surface area (Å²) in [5, 5.41) is 0. The predicted octanol–water partition coefficient (Wildman–Crippen LogP) is 7.12. The minimum absolute atomic E-state index is 0.0237. The van der Waals surface area contributed by atoms with Gasteiger partial charge in [0.1, 0.15) is 0 Å². The summed E-state index contributed by atoms with van der Waals surface area (Å²) in [7, 11) is 0. The Bertz CT molecular complexity index is 622. The molecule has 0 aromatic rings. The molecule has 0 spiro atoms. The minimum Gasteiger partial charge on any atom is -0.196 e. The fraction of sp³-hybridized carbons (Fsp3) is 0.364. The van der Waals surface area contributed by atoms with Gasteiger partial charge in [-0.15, -0.1) is 13.2 Å². The first kappa shape index (κ1) is 20.1. The van der Waals surface area contributed by atoms with Gasteiger partial charge in [0, 0.05) is 11.1 Å². The molecule has 0 amide bonds. The SMILES string of the molecule is C=CCC=C1/C(=C(\CC=C)CC(C)C)C(C=C)=C(/C=C\C)C1(F)F. The summed E-state index contributed by atoms with van der Waals surface area (Å²) in [4.78, 5) is 0. The van der Waals surface area contributed by atoms with E-state index in [-0.39, 0.29) is 11.1 Å². The zero-order chi connectivity index (χ0) is 18.3. The highest BCUT2D eigenvalue weighted by Crippen LogP contribution is 2.51. The highest BCUT2D eigenvalue weighted by Gasteiger charge is 2.47. The van der Waals surface area contributed by atoms with E-state index in [0.29, 0.717) is 29.9 Å². The van der Waals surface area contributed by atoms with E-state index < -0.39 is 5.92 Å². The van der Waals surface area contributed by atoms with Crippen LogP contribution >= 0.6 is 0 Å². The molecule has 130 valence electrons. The summed E-state index contributed by atoms with van der Waals surface area (Å²) in [6.07, 6.45) is 11.5. The molecule has 0 aromatic heterocycles. The number of alkyl halides is 2. The maximum Gasteiger partial charge on any atom is 0.299 e. The van der Waals surface area contributed by atoms with Gasteiger partial charge in [-0.1, -0.05) is 62.5 Å². The fourth-order valence-corrected chi connectivity index (χ4v) is 3.09. The highest BCUT2D eigenvalue weighted by atomic mass is 19.3. The van der Waals surface area contributed by atoms with Crippen molar-refractivity contribution in [3.63, 3.8) is 0 Å². The van der Waals surface area contributed by atoms with E-state index >= 15 is 8.78 Å². The molecule has 24 heavy (non-hydrogen) atoms. The summed E-state index contributed by atoms with van der Waals surface area (Å²) in [5.41, 5.74) is 2.26. The first-order valence-electron chi connectivity index (χ1n) is 8.37.